The van der Waals surface area contributed by atoms with E-state index in [9.17, 15) is 36.6 Å². The number of hydrogen-bond donors (Lipinski definition) is 3. The van der Waals surface area contributed by atoms with Crippen LogP contribution in [0.4, 0.5) is 14.0 Å². The second-order valence-electron chi connectivity index (χ2n) is 15.1. The fraction of sp³-hybridized carbons (Fsp3) is 0.333. The van der Waals surface area contributed by atoms with Gasteiger partial charge in [0.15, 0.2) is 11.6 Å². The van der Waals surface area contributed by atoms with Crippen LogP contribution >= 0.6 is 15.9 Å². The number of aromatic nitrogens is 4. The number of carboxylic acid groups (broad SMARTS) is 2. The van der Waals surface area contributed by atoms with E-state index in [0.717, 1.165) is 13.5 Å². The molecule has 0 aliphatic carbocycles. The van der Waals surface area contributed by atoms with E-state index in [1.807, 2.05) is 41.5 Å². The molecule has 4 aromatic heterocycles. The van der Waals surface area contributed by atoms with E-state index in [1.165, 1.54) is 79.5 Å². The van der Waals surface area contributed by atoms with Crippen LogP contribution in [0.3, 0.4) is 0 Å². The normalized spacial score (nSPS) is 12.6. The zero-order valence-electron chi connectivity index (χ0n) is 32.9. The standard InChI is InChI=1S/C23H26FN3O5S.C16H20BrN3O4S/c1-23(2,3)20(26-22(28)29)12-15-11-18(17-8-5-9-19(32-4)21(17)24)27(14-15)33(30,31)16-7-6-10-25-13-16;1-16(2,3)19(15(21)22)8-6-12-9-14(17)20(11-12)25(23,24)13-5-4-7-18-10-13/h5-11,13-14,20,26H,12H2,1-4H3,(H,28,29);4-5,7,9-11H,6,8H2,1-3H3,(H,21,22). The van der Waals surface area contributed by atoms with E-state index < -0.39 is 55.0 Å². The van der Waals surface area contributed by atoms with Crippen LogP contribution in [0.2, 0.25) is 0 Å². The Hall–Kier alpha value is -5.27. The minimum Gasteiger partial charge on any atom is -0.494 e. The van der Waals surface area contributed by atoms with Gasteiger partial charge in [0.1, 0.15) is 14.4 Å². The van der Waals surface area contributed by atoms with Crippen molar-refractivity contribution >= 4 is 48.2 Å². The topological polar surface area (TPSA) is 203 Å². The van der Waals surface area contributed by atoms with Gasteiger partial charge in [-0.1, -0.05) is 26.8 Å². The maximum absolute atomic E-state index is 15.1. The minimum atomic E-state index is -4.12. The van der Waals surface area contributed by atoms with Crippen LogP contribution < -0.4 is 10.1 Å². The number of rotatable bonds is 12. The van der Waals surface area contributed by atoms with Gasteiger partial charge in [-0.3, -0.25) is 9.97 Å². The van der Waals surface area contributed by atoms with Crippen LogP contribution in [-0.2, 0) is 32.9 Å². The van der Waals surface area contributed by atoms with Gasteiger partial charge >= 0.3 is 12.2 Å². The van der Waals surface area contributed by atoms with Gasteiger partial charge in [0.25, 0.3) is 20.0 Å². The van der Waals surface area contributed by atoms with E-state index in [0.29, 0.717) is 16.6 Å². The maximum atomic E-state index is 15.1. The smallest absolute Gasteiger partial charge is 0.407 e. The monoisotopic (exact) mass is 904 g/mol. The highest BCUT2D eigenvalue weighted by atomic mass is 79.9. The average Bonchev–Trinajstić information content (AvgIpc) is 3.75. The molecule has 5 rings (SSSR count). The van der Waals surface area contributed by atoms with E-state index in [1.54, 1.807) is 24.3 Å². The summed E-state index contributed by atoms with van der Waals surface area (Å²) in [4.78, 5) is 31.8. The Kier molecular flexibility index (Phi) is 14.2. The van der Waals surface area contributed by atoms with E-state index in [-0.39, 0.29) is 39.8 Å². The summed E-state index contributed by atoms with van der Waals surface area (Å²) in [5, 5.41) is 21.1. The molecule has 312 valence electrons. The first-order valence-electron chi connectivity index (χ1n) is 17.7. The highest BCUT2D eigenvalue weighted by Crippen LogP contribution is 2.34. The number of nitrogens with zero attached hydrogens (tertiary/aromatic N) is 5. The summed E-state index contributed by atoms with van der Waals surface area (Å²) in [6.07, 6.45) is 6.74. The molecule has 4 heterocycles. The van der Waals surface area contributed by atoms with Gasteiger partial charge in [0.2, 0.25) is 0 Å². The summed E-state index contributed by atoms with van der Waals surface area (Å²) in [6.45, 7) is 11.3. The zero-order chi connectivity index (χ0) is 43.2. The number of methoxy groups -OCH3 is 1. The molecule has 1 aromatic carbocycles. The molecule has 2 amide bonds. The Balaban J connectivity index is 0.000000267. The molecule has 0 saturated carbocycles. The van der Waals surface area contributed by atoms with Gasteiger partial charge in [-0.2, -0.15) is 0 Å². The molecular formula is C39H46BrFN6O9S2. The number of nitrogens with one attached hydrogen (secondary N) is 1. The highest BCUT2D eigenvalue weighted by molar-refractivity contribution is 9.10. The summed E-state index contributed by atoms with van der Waals surface area (Å²) in [6, 6.07) is 13.1. The molecule has 1 unspecified atom stereocenters. The lowest BCUT2D eigenvalue weighted by atomic mass is 9.83. The highest BCUT2D eigenvalue weighted by Gasteiger charge is 2.30. The Bertz CT molecular complexity index is 2450. The molecule has 5 aromatic rings. The van der Waals surface area contributed by atoms with Crippen molar-refractivity contribution in [2.24, 2.45) is 5.41 Å². The van der Waals surface area contributed by atoms with Crippen molar-refractivity contribution in [3.8, 4) is 17.0 Å². The van der Waals surface area contributed by atoms with Crippen molar-refractivity contribution in [3.05, 3.63) is 113 Å². The molecule has 58 heavy (non-hydrogen) atoms. The predicted molar refractivity (Wildman–Crippen MR) is 218 cm³/mol. The van der Waals surface area contributed by atoms with Gasteiger partial charge in [-0.25, -0.2) is 38.8 Å². The minimum absolute atomic E-state index is 0.0271. The molecule has 0 bridgehead atoms. The lowest BCUT2D eigenvalue weighted by Gasteiger charge is -2.33. The quantitative estimate of drug-likeness (QED) is 0.113. The number of pyridine rings is 2. The molecule has 0 fully saturated rings. The van der Waals surface area contributed by atoms with Crippen LogP contribution in [0.1, 0.15) is 52.7 Å². The van der Waals surface area contributed by atoms with Crippen LogP contribution in [0, 0.1) is 11.2 Å². The zero-order valence-corrected chi connectivity index (χ0v) is 36.1. The number of amides is 2. The van der Waals surface area contributed by atoms with E-state index in [4.69, 9.17) is 4.74 Å². The van der Waals surface area contributed by atoms with Crippen molar-refractivity contribution in [1.29, 1.82) is 0 Å². The van der Waals surface area contributed by atoms with Gasteiger partial charge in [-0.15, -0.1) is 0 Å². The van der Waals surface area contributed by atoms with Crippen molar-refractivity contribution in [1.82, 2.24) is 28.1 Å². The molecular weight excluding hydrogens is 859 g/mol. The third-order valence-electron chi connectivity index (χ3n) is 8.93. The molecule has 19 heteroatoms. The second-order valence-corrected chi connectivity index (χ2v) is 19.6. The van der Waals surface area contributed by atoms with Crippen molar-refractivity contribution < 1.29 is 45.8 Å². The van der Waals surface area contributed by atoms with Crippen LogP contribution in [0.5, 0.6) is 5.75 Å². The molecule has 0 radical (unpaired) electrons. The molecule has 1 atom stereocenters. The fourth-order valence-electron chi connectivity index (χ4n) is 5.80. The number of ether oxygens (including phenoxy) is 1. The fourth-order valence-corrected chi connectivity index (χ4v) is 9.35. The Morgan fingerprint density at radius 2 is 1.45 bits per heavy atom. The molecule has 0 aliphatic heterocycles. The van der Waals surface area contributed by atoms with Crippen LogP contribution in [0.15, 0.2) is 106 Å². The Labute approximate surface area is 345 Å². The van der Waals surface area contributed by atoms with Crippen molar-refractivity contribution in [2.45, 2.75) is 75.8 Å². The Morgan fingerprint density at radius 3 is 1.93 bits per heavy atom. The summed E-state index contributed by atoms with van der Waals surface area (Å²) >= 11 is 3.26. The van der Waals surface area contributed by atoms with Gasteiger partial charge in [0.05, 0.1) is 12.8 Å². The molecule has 15 nitrogen and oxygen atoms in total. The number of halogens is 2. The van der Waals surface area contributed by atoms with Crippen LogP contribution in [-0.4, -0.2) is 87.3 Å². The SMILES string of the molecule is CC(C)(C)N(CCc1cc(Br)n(S(=O)(=O)c2cccnc2)c1)C(=O)O.COc1cccc(-c2cc(CC(NC(=O)O)C(C)(C)C)cn2S(=O)(=O)c2cccnc2)c1F. The molecule has 0 spiro atoms. The third kappa shape index (κ3) is 10.8. The molecule has 0 aliphatic rings. The van der Waals surface area contributed by atoms with E-state index in [2.05, 4.69) is 31.2 Å². The first-order valence-corrected chi connectivity index (χ1v) is 21.4. The first-order chi connectivity index (χ1) is 27.0. The lowest BCUT2D eigenvalue weighted by molar-refractivity contribution is 0.101. The van der Waals surface area contributed by atoms with Gasteiger partial charge in [-0.05, 0) is 115 Å². The summed E-state index contributed by atoms with van der Waals surface area (Å²) < 4.78 is 74.9. The summed E-state index contributed by atoms with van der Waals surface area (Å²) in [5.41, 5.74) is 0.375. The summed E-state index contributed by atoms with van der Waals surface area (Å²) in [7, 11) is -6.55. The van der Waals surface area contributed by atoms with Crippen molar-refractivity contribution in [3.63, 3.8) is 0 Å². The second kappa shape index (κ2) is 18.1. The first kappa shape index (κ1) is 45.4. The Morgan fingerprint density at radius 1 is 0.879 bits per heavy atom. The van der Waals surface area contributed by atoms with Gasteiger partial charge < -0.3 is 25.2 Å². The molecule has 3 N–H and O–H groups in total. The number of hydrogen-bond acceptors (Lipinski definition) is 9. The van der Waals surface area contributed by atoms with E-state index >= 15 is 4.39 Å². The summed E-state index contributed by atoms with van der Waals surface area (Å²) in [5.74, 6) is -0.732. The lowest BCUT2D eigenvalue weighted by Crippen LogP contribution is -2.45. The number of carbonyl (C=O) groups is 2. The number of benzene rings is 1. The molecule has 0 saturated heterocycles. The largest absolute Gasteiger partial charge is 0.494 e. The average molecular weight is 906 g/mol. The van der Waals surface area contributed by atoms with Gasteiger partial charge in [0, 0.05) is 60.9 Å². The third-order valence-corrected chi connectivity index (χ3v) is 13.1. The maximum Gasteiger partial charge on any atom is 0.407 e. The predicted octanol–water partition coefficient (Wildman–Crippen LogP) is 7.36. The van der Waals surface area contributed by atoms with Crippen LogP contribution in [0.25, 0.3) is 11.3 Å². The van der Waals surface area contributed by atoms with Crippen molar-refractivity contribution in [2.75, 3.05) is 13.7 Å².